The fraction of sp³-hybridized carbons (Fsp3) is 0.286. The molecule has 1 nitrogen and oxygen atoms in total. The number of aryl methyl sites for hydroxylation is 1. The molecule has 0 aliphatic carbocycles. The van der Waals surface area contributed by atoms with Gasteiger partial charge in [-0.05, 0) is 13.0 Å². The van der Waals surface area contributed by atoms with E-state index in [9.17, 15) is 0 Å². The van der Waals surface area contributed by atoms with Crippen LogP contribution in [-0.4, -0.2) is 4.98 Å². The lowest BCUT2D eigenvalue weighted by Gasteiger charge is -2.03. The first-order chi connectivity index (χ1) is 5.15. The molecule has 0 saturated heterocycles. The van der Waals surface area contributed by atoms with Gasteiger partial charge in [-0.3, -0.25) is 0 Å². The highest BCUT2D eigenvalue weighted by atomic mass is 35.5. The minimum atomic E-state index is 0.370. The van der Waals surface area contributed by atoms with E-state index in [1.165, 1.54) is 0 Å². The van der Waals surface area contributed by atoms with Gasteiger partial charge in [0.15, 0.2) is 0 Å². The first kappa shape index (κ1) is 9.11. The van der Waals surface area contributed by atoms with E-state index < -0.39 is 0 Å². The summed E-state index contributed by atoms with van der Waals surface area (Å²) in [4.78, 5) is 4.00. The molecule has 60 valence electrons. The van der Waals surface area contributed by atoms with Gasteiger partial charge in [-0.2, -0.15) is 0 Å². The molecule has 0 atom stereocenters. The van der Waals surface area contributed by atoms with Crippen molar-refractivity contribution in [2.24, 2.45) is 0 Å². The summed E-state index contributed by atoms with van der Waals surface area (Å²) < 4.78 is 0. The fourth-order valence-electron chi connectivity index (χ4n) is 0.785. The Morgan fingerprint density at radius 3 is 2.55 bits per heavy atom. The summed E-state index contributed by atoms with van der Waals surface area (Å²) in [6.07, 6.45) is 0. The van der Waals surface area contributed by atoms with Crippen LogP contribution in [0.25, 0.3) is 0 Å². The summed E-state index contributed by atoms with van der Waals surface area (Å²) in [5.74, 6) is 0.370. The summed E-state index contributed by atoms with van der Waals surface area (Å²) in [5, 5.41) is 0.985. The van der Waals surface area contributed by atoms with Gasteiger partial charge in [0.25, 0.3) is 0 Å². The quantitative estimate of drug-likeness (QED) is 0.511. The van der Waals surface area contributed by atoms with Crippen molar-refractivity contribution in [3.8, 4) is 0 Å². The van der Waals surface area contributed by atoms with Gasteiger partial charge in [0.1, 0.15) is 5.15 Å². The van der Waals surface area contributed by atoms with Crippen molar-refractivity contribution in [1.82, 2.24) is 4.98 Å². The van der Waals surface area contributed by atoms with Crippen LogP contribution >= 0.6 is 34.8 Å². The van der Waals surface area contributed by atoms with Crippen molar-refractivity contribution in [3.63, 3.8) is 0 Å². The third-order valence-electron chi connectivity index (χ3n) is 1.38. The number of hydrogen-bond acceptors (Lipinski definition) is 1. The van der Waals surface area contributed by atoms with Crippen molar-refractivity contribution >= 4 is 34.8 Å². The number of pyridine rings is 1. The van der Waals surface area contributed by atoms with Crippen molar-refractivity contribution in [3.05, 3.63) is 27.5 Å². The Morgan fingerprint density at radius 1 is 1.45 bits per heavy atom. The molecular formula is C7H6Cl3N. The number of hydrogen-bond donors (Lipinski definition) is 0. The Morgan fingerprint density at radius 2 is 2.09 bits per heavy atom. The lowest BCUT2D eigenvalue weighted by molar-refractivity contribution is 1.14. The van der Waals surface area contributed by atoms with Crippen molar-refractivity contribution < 1.29 is 0 Å². The minimum Gasteiger partial charge on any atom is -0.241 e. The molecule has 0 amide bonds. The normalized spacial score (nSPS) is 10.2. The van der Waals surface area contributed by atoms with E-state index in [0.717, 1.165) is 11.3 Å². The monoisotopic (exact) mass is 209 g/mol. The molecule has 0 bridgehead atoms. The van der Waals surface area contributed by atoms with Gasteiger partial charge < -0.3 is 0 Å². The van der Waals surface area contributed by atoms with Crippen LogP contribution < -0.4 is 0 Å². The topological polar surface area (TPSA) is 12.9 Å². The molecule has 1 rings (SSSR count). The van der Waals surface area contributed by atoms with Gasteiger partial charge in [0.05, 0.1) is 5.88 Å². The molecule has 11 heavy (non-hydrogen) atoms. The zero-order valence-corrected chi connectivity index (χ0v) is 8.13. The second-order valence-electron chi connectivity index (χ2n) is 2.12. The van der Waals surface area contributed by atoms with E-state index >= 15 is 0 Å². The second-order valence-corrected chi connectivity index (χ2v) is 3.19. The Balaban J connectivity index is 3.25. The number of alkyl halides is 1. The van der Waals surface area contributed by atoms with Crippen molar-refractivity contribution in [2.75, 3.05) is 0 Å². The van der Waals surface area contributed by atoms with Crippen LogP contribution in [0, 0.1) is 6.92 Å². The van der Waals surface area contributed by atoms with Gasteiger partial charge >= 0.3 is 0 Å². The number of rotatable bonds is 1. The third-order valence-corrected chi connectivity index (χ3v) is 2.18. The maximum Gasteiger partial charge on any atom is 0.130 e. The van der Waals surface area contributed by atoms with Gasteiger partial charge in [-0.25, -0.2) is 4.98 Å². The molecule has 0 N–H and O–H groups in total. The summed E-state index contributed by atoms with van der Waals surface area (Å²) in [5.41, 5.74) is 1.63. The smallest absolute Gasteiger partial charge is 0.130 e. The maximum atomic E-state index is 5.83. The minimum absolute atomic E-state index is 0.370. The molecule has 0 fully saturated rings. The van der Waals surface area contributed by atoms with Crippen LogP contribution in [0.1, 0.15) is 11.3 Å². The van der Waals surface area contributed by atoms with Gasteiger partial charge in [-0.15, -0.1) is 11.6 Å². The number of halogens is 3. The lowest BCUT2D eigenvalue weighted by Crippen LogP contribution is -1.90. The molecule has 4 heteroatoms. The number of aromatic nitrogens is 1. The lowest BCUT2D eigenvalue weighted by atomic mass is 10.2. The molecule has 0 aliphatic heterocycles. The van der Waals surface area contributed by atoms with Crippen LogP contribution in [-0.2, 0) is 5.88 Å². The van der Waals surface area contributed by atoms with Gasteiger partial charge in [0, 0.05) is 16.3 Å². The highest BCUT2D eigenvalue weighted by molar-refractivity contribution is 6.35. The maximum absolute atomic E-state index is 5.83. The average molecular weight is 210 g/mol. The molecule has 0 radical (unpaired) electrons. The predicted octanol–water partition coefficient (Wildman–Crippen LogP) is 3.44. The van der Waals surface area contributed by atoms with E-state index in [1.54, 1.807) is 6.07 Å². The van der Waals surface area contributed by atoms with E-state index in [2.05, 4.69) is 4.98 Å². The largest absolute Gasteiger partial charge is 0.241 e. The second kappa shape index (κ2) is 3.61. The van der Waals surface area contributed by atoms with E-state index in [1.807, 2.05) is 6.92 Å². The highest BCUT2D eigenvalue weighted by Gasteiger charge is 2.05. The zero-order valence-electron chi connectivity index (χ0n) is 5.87. The summed E-state index contributed by atoms with van der Waals surface area (Å²) in [6, 6.07) is 1.59. The van der Waals surface area contributed by atoms with Crippen LogP contribution in [0.15, 0.2) is 6.07 Å². The Bertz CT molecular complexity index is 249. The van der Waals surface area contributed by atoms with E-state index in [0.29, 0.717) is 16.1 Å². The van der Waals surface area contributed by atoms with E-state index in [4.69, 9.17) is 34.8 Å². The van der Waals surface area contributed by atoms with Crippen molar-refractivity contribution in [2.45, 2.75) is 12.8 Å². The molecule has 0 spiro atoms. The standard InChI is InChI=1S/C7H6Cl3N/c1-4-5(3-8)6(9)2-7(10)11-4/h2H,3H2,1H3. The predicted molar refractivity (Wildman–Crippen MR) is 48.6 cm³/mol. The number of nitrogens with zero attached hydrogens (tertiary/aromatic N) is 1. The summed E-state index contributed by atoms with van der Waals surface area (Å²) >= 11 is 17.1. The summed E-state index contributed by atoms with van der Waals surface area (Å²) in [6.45, 7) is 1.83. The molecule has 1 heterocycles. The summed E-state index contributed by atoms with van der Waals surface area (Å²) in [7, 11) is 0. The van der Waals surface area contributed by atoms with E-state index in [-0.39, 0.29) is 0 Å². The first-order valence-electron chi connectivity index (χ1n) is 3.02. The van der Waals surface area contributed by atoms with Gasteiger partial charge in [-0.1, -0.05) is 23.2 Å². The molecule has 0 aromatic carbocycles. The van der Waals surface area contributed by atoms with Gasteiger partial charge in [0.2, 0.25) is 0 Å². The SMILES string of the molecule is Cc1nc(Cl)cc(Cl)c1CCl. The molecule has 0 unspecified atom stereocenters. The third kappa shape index (κ3) is 1.98. The van der Waals surface area contributed by atoms with Crippen molar-refractivity contribution in [1.29, 1.82) is 0 Å². The molecule has 0 aliphatic rings. The molecule has 1 aromatic heterocycles. The molecular weight excluding hydrogens is 204 g/mol. The van der Waals surface area contributed by atoms with Crippen LogP contribution in [0.5, 0.6) is 0 Å². The fourth-order valence-corrected chi connectivity index (χ4v) is 1.79. The van der Waals surface area contributed by atoms with Crippen LogP contribution in [0.2, 0.25) is 10.2 Å². The molecule has 0 saturated carbocycles. The first-order valence-corrected chi connectivity index (χ1v) is 4.31. The Hall–Kier alpha value is 0.0200. The zero-order chi connectivity index (χ0) is 8.43. The van der Waals surface area contributed by atoms with Crippen LogP contribution in [0.3, 0.4) is 0 Å². The highest BCUT2D eigenvalue weighted by Crippen LogP contribution is 2.23. The Labute approximate surface area is 80.3 Å². The van der Waals surface area contributed by atoms with Crippen LogP contribution in [0.4, 0.5) is 0 Å². The Kier molecular flexibility index (Phi) is 2.99. The molecule has 1 aromatic rings. The average Bonchev–Trinajstić information content (AvgIpc) is 1.85.